The van der Waals surface area contributed by atoms with Crippen LogP contribution in [0.2, 0.25) is 0 Å². The first-order chi connectivity index (χ1) is 2.91. The molecule has 0 spiro atoms. The van der Waals surface area contributed by atoms with Gasteiger partial charge in [0.05, 0.1) is 0 Å². The molecular formula is C5H9ClO. The van der Waals surface area contributed by atoms with Crippen molar-refractivity contribution in [1.29, 1.82) is 0 Å². The minimum Gasteiger partial charge on any atom is -0.412 e. The van der Waals surface area contributed by atoms with E-state index in [2.05, 4.69) is 5.92 Å². The van der Waals surface area contributed by atoms with E-state index < -0.39 is 0 Å². The molecule has 0 aromatic rings. The maximum absolute atomic E-state index is 5.28. The molecule has 2 N–H and O–H groups in total. The van der Waals surface area contributed by atoms with Crippen LogP contribution in [0.4, 0.5) is 0 Å². The molecule has 0 aromatic heterocycles. The van der Waals surface area contributed by atoms with Crippen LogP contribution in [0.5, 0.6) is 0 Å². The number of rotatable bonds is 2. The third-order valence-corrected chi connectivity index (χ3v) is 0.722. The van der Waals surface area contributed by atoms with Gasteiger partial charge in [-0.05, 0) is 6.42 Å². The van der Waals surface area contributed by atoms with Crippen LogP contribution in [0.25, 0.3) is 0 Å². The van der Waals surface area contributed by atoms with Crippen molar-refractivity contribution in [2.24, 2.45) is 0 Å². The van der Waals surface area contributed by atoms with E-state index in [9.17, 15) is 0 Å². The highest BCUT2D eigenvalue weighted by molar-refractivity contribution is 6.17. The molecular weight excluding hydrogens is 112 g/mol. The molecule has 0 aliphatic rings. The summed E-state index contributed by atoms with van der Waals surface area (Å²) in [6.07, 6.45) is 6.66. The van der Waals surface area contributed by atoms with E-state index in [-0.39, 0.29) is 5.48 Å². The van der Waals surface area contributed by atoms with Crippen molar-refractivity contribution in [2.75, 3.05) is 5.88 Å². The van der Waals surface area contributed by atoms with Crippen molar-refractivity contribution in [1.82, 2.24) is 0 Å². The Morgan fingerprint density at radius 1 is 1.57 bits per heavy atom. The average molecular weight is 121 g/mol. The topological polar surface area (TPSA) is 31.5 Å². The highest BCUT2D eigenvalue weighted by Gasteiger charge is 1.73. The van der Waals surface area contributed by atoms with Crippen LogP contribution in [0.3, 0.4) is 0 Å². The minimum absolute atomic E-state index is 0. The molecule has 2 heteroatoms. The van der Waals surface area contributed by atoms with Gasteiger partial charge in [0.15, 0.2) is 0 Å². The zero-order chi connectivity index (χ0) is 4.83. The summed E-state index contributed by atoms with van der Waals surface area (Å²) in [5.74, 6) is 3.17. The van der Waals surface area contributed by atoms with Crippen LogP contribution >= 0.6 is 11.6 Å². The highest BCUT2D eigenvalue weighted by Crippen LogP contribution is 1.86. The van der Waals surface area contributed by atoms with E-state index in [1.165, 1.54) is 0 Å². The Hall–Kier alpha value is -0.190. The Kier molecular flexibility index (Phi) is 13.1. The van der Waals surface area contributed by atoms with Crippen LogP contribution in [0.15, 0.2) is 0 Å². The lowest BCUT2D eigenvalue weighted by Crippen LogP contribution is -1.68. The summed E-state index contributed by atoms with van der Waals surface area (Å²) in [5.41, 5.74) is 0. The number of alkyl halides is 1. The Balaban J connectivity index is 0. The first-order valence-corrected chi connectivity index (χ1v) is 2.44. The van der Waals surface area contributed by atoms with Crippen LogP contribution < -0.4 is 0 Å². The molecule has 0 aliphatic carbocycles. The van der Waals surface area contributed by atoms with Crippen molar-refractivity contribution in [3.05, 3.63) is 0 Å². The Morgan fingerprint density at radius 2 is 2.14 bits per heavy atom. The number of unbranched alkanes of at least 4 members (excludes halogenated alkanes) is 1. The Bertz CT molecular complexity index is 55.6. The molecule has 0 heterocycles. The molecule has 0 radical (unpaired) electrons. The summed E-state index contributed by atoms with van der Waals surface area (Å²) in [4.78, 5) is 0. The van der Waals surface area contributed by atoms with Gasteiger partial charge in [0.1, 0.15) is 0 Å². The van der Waals surface area contributed by atoms with Crippen LogP contribution in [-0.2, 0) is 0 Å². The molecule has 0 bridgehead atoms. The van der Waals surface area contributed by atoms with Crippen molar-refractivity contribution < 1.29 is 5.48 Å². The molecule has 0 saturated carbocycles. The standard InChI is InChI=1S/C5H7Cl.H2O/c1-2-3-4-5-6;/h1H,3-5H2;1H2. The summed E-state index contributed by atoms with van der Waals surface area (Å²) in [6, 6.07) is 0. The zero-order valence-electron chi connectivity index (χ0n) is 4.08. The molecule has 7 heavy (non-hydrogen) atoms. The van der Waals surface area contributed by atoms with Gasteiger partial charge in [0, 0.05) is 12.3 Å². The van der Waals surface area contributed by atoms with Crippen LogP contribution in [0.1, 0.15) is 12.8 Å². The van der Waals surface area contributed by atoms with Gasteiger partial charge in [-0.1, -0.05) is 0 Å². The quantitative estimate of drug-likeness (QED) is 0.294. The van der Waals surface area contributed by atoms with Crippen LogP contribution in [-0.4, -0.2) is 11.4 Å². The predicted octanol–water partition coefficient (Wildman–Crippen LogP) is 0.814. The molecule has 0 saturated heterocycles. The number of terminal acetylenes is 1. The van der Waals surface area contributed by atoms with Crippen molar-refractivity contribution in [2.45, 2.75) is 12.8 Å². The smallest absolute Gasteiger partial charge is 0.0232 e. The van der Waals surface area contributed by atoms with E-state index in [0.717, 1.165) is 12.8 Å². The van der Waals surface area contributed by atoms with E-state index in [1.54, 1.807) is 0 Å². The molecule has 0 unspecified atom stereocenters. The van der Waals surface area contributed by atoms with Crippen molar-refractivity contribution in [3.8, 4) is 12.3 Å². The molecule has 0 fully saturated rings. The maximum Gasteiger partial charge on any atom is 0.0232 e. The van der Waals surface area contributed by atoms with Gasteiger partial charge in [0.2, 0.25) is 0 Å². The second kappa shape index (κ2) is 9.26. The minimum atomic E-state index is 0. The van der Waals surface area contributed by atoms with Crippen molar-refractivity contribution >= 4 is 11.6 Å². The molecule has 0 atom stereocenters. The lowest BCUT2D eigenvalue weighted by Gasteiger charge is -1.77. The third-order valence-electron chi connectivity index (χ3n) is 0.455. The molecule has 1 nitrogen and oxygen atoms in total. The van der Waals surface area contributed by atoms with Gasteiger partial charge in [-0.3, -0.25) is 0 Å². The molecule has 0 aliphatic heterocycles. The first-order valence-electron chi connectivity index (χ1n) is 1.91. The van der Waals surface area contributed by atoms with Gasteiger partial charge >= 0.3 is 0 Å². The van der Waals surface area contributed by atoms with E-state index in [1.807, 2.05) is 0 Å². The summed E-state index contributed by atoms with van der Waals surface area (Å²) >= 11 is 5.28. The van der Waals surface area contributed by atoms with Gasteiger partial charge in [-0.25, -0.2) is 0 Å². The van der Waals surface area contributed by atoms with Gasteiger partial charge in [-0.15, -0.1) is 23.9 Å². The monoisotopic (exact) mass is 120 g/mol. The number of hydrogen-bond donors (Lipinski definition) is 0. The maximum atomic E-state index is 5.28. The third kappa shape index (κ3) is 10.7. The average Bonchev–Trinajstić information content (AvgIpc) is 1.61. The number of halogens is 1. The largest absolute Gasteiger partial charge is 0.412 e. The van der Waals surface area contributed by atoms with Gasteiger partial charge < -0.3 is 5.48 Å². The predicted molar refractivity (Wildman–Crippen MR) is 32.4 cm³/mol. The lowest BCUT2D eigenvalue weighted by atomic mass is 10.4. The second-order valence-electron chi connectivity index (χ2n) is 0.997. The fourth-order valence-corrected chi connectivity index (χ4v) is 0.303. The summed E-state index contributed by atoms with van der Waals surface area (Å²) in [6.45, 7) is 0. The molecule has 0 aromatic carbocycles. The zero-order valence-corrected chi connectivity index (χ0v) is 4.83. The van der Waals surface area contributed by atoms with E-state index in [0.29, 0.717) is 5.88 Å². The van der Waals surface area contributed by atoms with Gasteiger partial charge in [0.25, 0.3) is 0 Å². The van der Waals surface area contributed by atoms with E-state index >= 15 is 0 Å². The Labute approximate surface area is 49.0 Å². The van der Waals surface area contributed by atoms with E-state index in [4.69, 9.17) is 18.0 Å². The second-order valence-corrected chi connectivity index (χ2v) is 1.37. The molecule has 0 rings (SSSR count). The Morgan fingerprint density at radius 3 is 2.29 bits per heavy atom. The molecule has 0 amide bonds. The SMILES string of the molecule is C#CCCCCl.O. The highest BCUT2D eigenvalue weighted by atomic mass is 35.5. The fraction of sp³-hybridized carbons (Fsp3) is 0.600. The normalized spacial score (nSPS) is 6.29. The van der Waals surface area contributed by atoms with Crippen molar-refractivity contribution in [3.63, 3.8) is 0 Å². The fourth-order valence-electron chi connectivity index (χ4n) is 0.169. The van der Waals surface area contributed by atoms with Gasteiger partial charge in [-0.2, -0.15) is 0 Å². The van der Waals surface area contributed by atoms with Crippen LogP contribution in [0, 0.1) is 12.3 Å². The summed E-state index contributed by atoms with van der Waals surface area (Å²) in [7, 11) is 0. The number of hydrogen-bond acceptors (Lipinski definition) is 0. The summed E-state index contributed by atoms with van der Waals surface area (Å²) in [5, 5.41) is 0. The first kappa shape index (κ1) is 9.94. The molecule has 42 valence electrons. The lowest BCUT2D eigenvalue weighted by molar-refractivity contribution is 0.824. The summed E-state index contributed by atoms with van der Waals surface area (Å²) < 4.78 is 0.